The second-order valence-electron chi connectivity index (χ2n) is 4.93. The number of hydrogen-bond acceptors (Lipinski definition) is 6. The quantitative estimate of drug-likeness (QED) is 0.875. The third-order valence-electron chi connectivity index (χ3n) is 3.21. The van der Waals surface area contributed by atoms with Crippen LogP contribution in [0.5, 0.6) is 0 Å². The van der Waals surface area contributed by atoms with Crippen molar-refractivity contribution in [2.24, 2.45) is 0 Å². The largest absolute Gasteiger partial charge is 0.383 e. The zero-order valence-electron chi connectivity index (χ0n) is 15.0. The van der Waals surface area contributed by atoms with Gasteiger partial charge in [-0.2, -0.15) is 10.2 Å². The number of aryl methyl sites for hydroxylation is 1. The van der Waals surface area contributed by atoms with Crippen molar-refractivity contribution in [3.05, 3.63) is 41.6 Å². The molecule has 1 aromatic carbocycles. The van der Waals surface area contributed by atoms with E-state index in [4.69, 9.17) is 10.00 Å². The molecule has 0 aliphatic rings. The van der Waals surface area contributed by atoms with Crippen LogP contribution in [0, 0.1) is 18.3 Å². The van der Waals surface area contributed by atoms with Gasteiger partial charge in [-0.1, -0.05) is 13.8 Å². The first-order chi connectivity index (χ1) is 11.6. The molecule has 2 rings (SSSR count). The van der Waals surface area contributed by atoms with Crippen molar-refractivity contribution in [2.75, 3.05) is 37.5 Å². The van der Waals surface area contributed by atoms with Crippen LogP contribution < -0.4 is 10.2 Å². The van der Waals surface area contributed by atoms with Gasteiger partial charge in [0.05, 0.1) is 18.2 Å². The molecule has 0 radical (unpaired) electrons. The number of ether oxygens (including phenoxy) is 1. The monoisotopic (exact) mass is 327 g/mol. The number of rotatable bonds is 6. The summed E-state index contributed by atoms with van der Waals surface area (Å²) in [6.07, 6.45) is 1.79. The van der Waals surface area contributed by atoms with Gasteiger partial charge in [0.1, 0.15) is 5.82 Å². The summed E-state index contributed by atoms with van der Waals surface area (Å²) in [5.74, 6) is 1.39. The first-order valence-corrected chi connectivity index (χ1v) is 7.95. The molecule has 128 valence electrons. The summed E-state index contributed by atoms with van der Waals surface area (Å²) in [5.41, 5.74) is 2.47. The summed E-state index contributed by atoms with van der Waals surface area (Å²) < 4.78 is 5.09. The predicted molar refractivity (Wildman–Crippen MR) is 97.7 cm³/mol. The minimum Gasteiger partial charge on any atom is -0.383 e. The minimum absolute atomic E-state index is 0.523. The number of nitrogens with zero attached hydrogens (tertiary/aromatic N) is 4. The Balaban J connectivity index is 0.00000139. The first kappa shape index (κ1) is 19.4. The number of aromatic nitrogens is 2. The Labute approximate surface area is 144 Å². The molecule has 0 fully saturated rings. The Hall–Kier alpha value is -2.65. The van der Waals surface area contributed by atoms with E-state index in [1.807, 2.05) is 44.9 Å². The normalized spacial score (nSPS) is 9.50. The average molecular weight is 327 g/mol. The third kappa shape index (κ3) is 5.52. The molecule has 0 bridgehead atoms. The van der Waals surface area contributed by atoms with E-state index in [0.29, 0.717) is 18.1 Å². The maximum absolute atomic E-state index is 8.81. The zero-order chi connectivity index (χ0) is 17.9. The highest BCUT2D eigenvalue weighted by Crippen LogP contribution is 2.19. The highest BCUT2D eigenvalue weighted by atomic mass is 16.5. The molecule has 6 heteroatoms. The van der Waals surface area contributed by atoms with Crippen LogP contribution >= 0.6 is 0 Å². The number of nitriles is 1. The molecule has 0 aliphatic carbocycles. The van der Waals surface area contributed by atoms with Crippen LogP contribution in [0.4, 0.5) is 17.5 Å². The SMILES string of the molecule is CC.COCCN(C)c1nc(Nc2ccc(C#N)cc2)ncc1C. The summed E-state index contributed by atoms with van der Waals surface area (Å²) >= 11 is 0. The predicted octanol–water partition coefficient (Wildman–Crippen LogP) is 3.51. The molecular weight excluding hydrogens is 302 g/mol. The highest BCUT2D eigenvalue weighted by Gasteiger charge is 2.09. The fraction of sp³-hybridized carbons (Fsp3) is 0.389. The van der Waals surface area contributed by atoms with Crippen LogP contribution in [-0.4, -0.2) is 37.3 Å². The average Bonchev–Trinajstić information content (AvgIpc) is 2.63. The number of anilines is 3. The Morgan fingerprint density at radius 1 is 1.25 bits per heavy atom. The van der Waals surface area contributed by atoms with Gasteiger partial charge < -0.3 is 15.0 Å². The van der Waals surface area contributed by atoms with Crippen molar-refractivity contribution in [1.29, 1.82) is 5.26 Å². The second-order valence-corrected chi connectivity index (χ2v) is 4.93. The van der Waals surface area contributed by atoms with Gasteiger partial charge in [0.15, 0.2) is 0 Å². The van der Waals surface area contributed by atoms with Gasteiger partial charge in [-0.3, -0.25) is 0 Å². The lowest BCUT2D eigenvalue weighted by atomic mass is 10.2. The summed E-state index contributed by atoms with van der Waals surface area (Å²) in [6, 6.07) is 9.25. The van der Waals surface area contributed by atoms with Gasteiger partial charge >= 0.3 is 0 Å². The molecule has 0 saturated heterocycles. The Morgan fingerprint density at radius 2 is 1.92 bits per heavy atom. The number of likely N-dealkylation sites (N-methyl/N-ethyl adjacent to an activating group) is 1. The third-order valence-corrected chi connectivity index (χ3v) is 3.21. The van der Waals surface area contributed by atoms with E-state index in [0.717, 1.165) is 23.6 Å². The van der Waals surface area contributed by atoms with Crippen LogP contribution in [-0.2, 0) is 4.74 Å². The first-order valence-electron chi connectivity index (χ1n) is 7.95. The molecule has 24 heavy (non-hydrogen) atoms. The molecule has 0 unspecified atom stereocenters. The van der Waals surface area contributed by atoms with E-state index < -0.39 is 0 Å². The van der Waals surface area contributed by atoms with E-state index in [1.165, 1.54) is 0 Å². The van der Waals surface area contributed by atoms with Crippen LogP contribution in [0.2, 0.25) is 0 Å². The summed E-state index contributed by atoms with van der Waals surface area (Å²) in [7, 11) is 3.65. The van der Waals surface area contributed by atoms with Gasteiger partial charge in [-0.05, 0) is 31.2 Å². The van der Waals surface area contributed by atoms with Crippen molar-refractivity contribution in [1.82, 2.24) is 9.97 Å². The summed E-state index contributed by atoms with van der Waals surface area (Å²) in [6.45, 7) is 7.37. The molecule has 1 heterocycles. The lowest BCUT2D eigenvalue weighted by Crippen LogP contribution is -2.24. The summed E-state index contributed by atoms with van der Waals surface area (Å²) in [5, 5.41) is 12.0. The van der Waals surface area contributed by atoms with Crippen LogP contribution in [0.3, 0.4) is 0 Å². The van der Waals surface area contributed by atoms with Crippen molar-refractivity contribution in [3.63, 3.8) is 0 Å². The Morgan fingerprint density at radius 3 is 2.50 bits per heavy atom. The number of benzene rings is 1. The lowest BCUT2D eigenvalue weighted by molar-refractivity contribution is 0.206. The Kier molecular flexibility index (Phi) is 8.23. The highest BCUT2D eigenvalue weighted by molar-refractivity contribution is 5.57. The molecule has 0 atom stereocenters. The lowest BCUT2D eigenvalue weighted by Gasteiger charge is -2.20. The zero-order valence-corrected chi connectivity index (χ0v) is 15.0. The van der Waals surface area contributed by atoms with E-state index in [2.05, 4.69) is 21.4 Å². The van der Waals surface area contributed by atoms with Crippen LogP contribution in [0.15, 0.2) is 30.5 Å². The number of methoxy groups -OCH3 is 1. The fourth-order valence-corrected chi connectivity index (χ4v) is 1.97. The summed E-state index contributed by atoms with van der Waals surface area (Å²) in [4.78, 5) is 10.9. The van der Waals surface area contributed by atoms with E-state index in [-0.39, 0.29) is 0 Å². The molecule has 1 N–H and O–H groups in total. The smallest absolute Gasteiger partial charge is 0.229 e. The Bertz CT molecular complexity index is 664. The number of hydrogen-bond donors (Lipinski definition) is 1. The van der Waals surface area contributed by atoms with Gasteiger partial charge in [0.2, 0.25) is 5.95 Å². The second kappa shape index (κ2) is 10.2. The van der Waals surface area contributed by atoms with Gasteiger partial charge in [0.25, 0.3) is 0 Å². The van der Waals surface area contributed by atoms with E-state index in [1.54, 1.807) is 25.4 Å². The van der Waals surface area contributed by atoms with Crippen molar-refractivity contribution < 1.29 is 4.74 Å². The minimum atomic E-state index is 0.523. The fourth-order valence-electron chi connectivity index (χ4n) is 1.97. The molecular formula is C18H25N5O. The molecule has 0 saturated carbocycles. The van der Waals surface area contributed by atoms with Crippen LogP contribution in [0.25, 0.3) is 0 Å². The van der Waals surface area contributed by atoms with Crippen molar-refractivity contribution in [2.45, 2.75) is 20.8 Å². The van der Waals surface area contributed by atoms with Crippen LogP contribution in [0.1, 0.15) is 25.0 Å². The van der Waals surface area contributed by atoms with Gasteiger partial charge in [-0.25, -0.2) is 4.98 Å². The number of nitrogens with one attached hydrogen (secondary N) is 1. The maximum atomic E-state index is 8.81. The van der Waals surface area contributed by atoms with Gasteiger partial charge in [-0.15, -0.1) is 0 Å². The van der Waals surface area contributed by atoms with E-state index in [9.17, 15) is 0 Å². The molecule has 0 aliphatic heterocycles. The molecule has 2 aromatic rings. The molecule has 0 spiro atoms. The van der Waals surface area contributed by atoms with Gasteiger partial charge in [0, 0.05) is 38.1 Å². The maximum Gasteiger partial charge on any atom is 0.229 e. The van der Waals surface area contributed by atoms with Crippen molar-refractivity contribution >= 4 is 17.5 Å². The molecule has 6 nitrogen and oxygen atoms in total. The standard InChI is InChI=1S/C16H19N5O.C2H6/c1-12-11-18-16(20-15(12)21(2)8-9-22-3)19-14-6-4-13(10-17)5-7-14;1-2/h4-7,11H,8-9H2,1-3H3,(H,18,19,20);1-2H3. The molecule has 0 amide bonds. The topological polar surface area (TPSA) is 74.1 Å². The molecule has 1 aromatic heterocycles. The van der Waals surface area contributed by atoms with Crippen molar-refractivity contribution in [3.8, 4) is 6.07 Å². The van der Waals surface area contributed by atoms with E-state index >= 15 is 0 Å².